The Bertz CT molecular complexity index is 2370. The van der Waals surface area contributed by atoms with E-state index in [-0.39, 0.29) is 86.7 Å². The number of carbonyl (C=O) groups is 11. The minimum Gasteiger partial charge on any atom is -0.390 e. The summed E-state index contributed by atoms with van der Waals surface area (Å²) in [6, 6.07) is -8.16. The third-order valence-electron chi connectivity index (χ3n) is 17.1. The number of hydrogen-bond donors (Lipinski definition) is 2. The van der Waals surface area contributed by atoms with Gasteiger partial charge in [-0.1, -0.05) is 129 Å². The van der Waals surface area contributed by atoms with Crippen LogP contribution < -0.4 is 5.32 Å². The molecule has 1 aliphatic rings. The maximum atomic E-state index is 15.2. The normalized spacial score (nSPS) is 27.0. The van der Waals surface area contributed by atoms with Crippen LogP contribution in [0.25, 0.3) is 0 Å². The molecule has 1 rings (SSSR count). The number of aliphatic hydroxyl groups is 1. The summed E-state index contributed by atoms with van der Waals surface area (Å²) in [5.74, 6) is -10.9. The zero-order valence-corrected chi connectivity index (χ0v) is 57.0. The van der Waals surface area contributed by atoms with Crippen LogP contribution in [-0.2, 0) is 52.7 Å². The molecule has 1 fully saturated rings. The second-order valence-corrected chi connectivity index (χ2v) is 27.1. The van der Waals surface area contributed by atoms with Gasteiger partial charge in [-0.15, -0.1) is 0 Å². The molecule has 20 heteroatoms. The molecule has 1 heterocycles. The molecular formula is C66H114N8O12. The van der Waals surface area contributed by atoms with Gasteiger partial charge in [0, 0.05) is 86.3 Å². The van der Waals surface area contributed by atoms with E-state index < -0.39 is 150 Å². The van der Waals surface area contributed by atoms with Crippen molar-refractivity contribution in [3.8, 4) is 0 Å². The fraction of sp³-hybridized carbons (Fsp3) is 0.773. The molecule has 1 aliphatic heterocycles. The van der Waals surface area contributed by atoms with Crippen LogP contribution in [0.2, 0.25) is 0 Å². The van der Waals surface area contributed by atoms with E-state index in [1.54, 1.807) is 66.7 Å². The van der Waals surface area contributed by atoms with E-state index >= 15 is 9.59 Å². The van der Waals surface area contributed by atoms with E-state index in [2.05, 4.69) is 11.9 Å². The summed E-state index contributed by atoms with van der Waals surface area (Å²) < 4.78 is 0. The topological polar surface area (TPSA) is 243 Å². The lowest BCUT2D eigenvalue weighted by Gasteiger charge is -2.41. The molecule has 8 amide bonds. The third-order valence-corrected chi connectivity index (χ3v) is 17.1. The SMILES string of the molecule is C=C/C=C/C[C@@H](C)[C@@H](O)[C@H]1C(=O)C[C@@H](CC)C(=O)N(C)CC(=O)N(C)[C@@H](CC(C)C)C(=O)C[C@@H](C(C)C)C(=O)N(C)[C@@H](CC(C)C)C(=O)C[C@@H](C)C(=O)N[C@H](C)C(=O)N(C)[C@@H](CC(C)C)C(=O)N(C)[C@@H](CC(C)C)C(=O)N(C)[C@@H](C(C)C)C(=O)N1C. The lowest BCUT2D eigenvalue weighted by molar-refractivity contribution is -0.157. The van der Waals surface area contributed by atoms with Crippen molar-refractivity contribution in [3.05, 3.63) is 24.8 Å². The van der Waals surface area contributed by atoms with Crippen LogP contribution in [-0.4, -0.2) is 208 Å². The Labute approximate surface area is 517 Å². The largest absolute Gasteiger partial charge is 0.390 e. The number of allylic oxidation sites excluding steroid dienone is 3. The third kappa shape index (κ3) is 22.1. The van der Waals surface area contributed by atoms with Crippen LogP contribution in [0.3, 0.4) is 0 Å². The van der Waals surface area contributed by atoms with E-state index in [1.807, 2.05) is 55.4 Å². The first-order valence-electron chi connectivity index (χ1n) is 31.4. The molecule has 0 bridgehead atoms. The Morgan fingerprint density at radius 2 is 0.942 bits per heavy atom. The highest BCUT2D eigenvalue weighted by molar-refractivity contribution is 5.99. The van der Waals surface area contributed by atoms with Gasteiger partial charge in [-0.2, -0.15) is 0 Å². The fourth-order valence-electron chi connectivity index (χ4n) is 11.6. The van der Waals surface area contributed by atoms with Gasteiger partial charge in [0.25, 0.3) is 0 Å². The number of carbonyl (C=O) groups excluding carboxylic acids is 11. The number of amides is 8. The van der Waals surface area contributed by atoms with E-state index in [0.29, 0.717) is 0 Å². The van der Waals surface area contributed by atoms with Crippen molar-refractivity contribution in [3.63, 3.8) is 0 Å². The van der Waals surface area contributed by atoms with Gasteiger partial charge < -0.3 is 44.7 Å². The number of nitrogens with zero attached hydrogens (tertiary/aromatic N) is 7. The Morgan fingerprint density at radius 1 is 0.512 bits per heavy atom. The molecular weight excluding hydrogens is 1100 g/mol. The van der Waals surface area contributed by atoms with Gasteiger partial charge in [-0.3, -0.25) is 52.7 Å². The van der Waals surface area contributed by atoms with Gasteiger partial charge in [-0.05, 0) is 86.9 Å². The molecule has 0 aromatic heterocycles. The minimum atomic E-state index is -1.51. The predicted molar refractivity (Wildman–Crippen MR) is 337 cm³/mol. The number of ketones is 3. The van der Waals surface area contributed by atoms with Crippen molar-refractivity contribution in [2.75, 3.05) is 55.9 Å². The molecule has 0 aliphatic carbocycles. The number of likely N-dealkylation sites (N-methyl/N-ethyl adjacent to an activating group) is 7. The molecule has 1 saturated heterocycles. The summed E-state index contributed by atoms with van der Waals surface area (Å²) >= 11 is 0. The maximum Gasteiger partial charge on any atom is 0.246 e. The van der Waals surface area contributed by atoms with Gasteiger partial charge in [0.2, 0.25) is 47.3 Å². The van der Waals surface area contributed by atoms with Crippen LogP contribution in [0, 0.1) is 59.2 Å². The molecule has 0 aromatic carbocycles. The monoisotopic (exact) mass is 1210 g/mol. The highest BCUT2D eigenvalue weighted by Crippen LogP contribution is 2.29. The zero-order chi connectivity index (χ0) is 66.7. The molecule has 0 radical (unpaired) electrons. The van der Waals surface area contributed by atoms with Crippen LogP contribution >= 0.6 is 0 Å². The van der Waals surface area contributed by atoms with Gasteiger partial charge in [0.1, 0.15) is 30.2 Å². The molecule has 0 saturated carbocycles. The number of Topliss-reactive ketones (excluding diaryl/α,β-unsaturated/α-hetero) is 3. The highest BCUT2D eigenvalue weighted by atomic mass is 16.3. The lowest BCUT2D eigenvalue weighted by atomic mass is 9.84. The molecule has 20 nitrogen and oxygen atoms in total. The lowest BCUT2D eigenvalue weighted by Crippen LogP contribution is -2.61. The van der Waals surface area contributed by atoms with Crippen molar-refractivity contribution >= 4 is 64.6 Å². The van der Waals surface area contributed by atoms with Gasteiger partial charge >= 0.3 is 0 Å². The summed E-state index contributed by atoms with van der Waals surface area (Å²) in [6.45, 7) is 32.0. The van der Waals surface area contributed by atoms with Crippen LogP contribution in [0.15, 0.2) is 24.8 Å². The van der Waals surface area contributed by atoms with Crippen molar-refractivity contribution in [2.45, 2.75) is 217 Å². The van der Waals surface area contributed by atoms with E-state index in [9.17, 15) is 48.3 Å². The Balaban J connectivity index is 4.34. The average molecular weight is 1210 g/mol. The number of rotatable bonds is 16. The van der Waals surface area contributed by atoms with Crippen molar-refractivity contribution in [2.24, 2.45) is 59.2 Å². The maximum absolute atomic E-state index is 15.2. The van der Waals surface area contributed by atoms with Crippen LogP contribution in [0.4, 0.5) is 0 Å². The van der Waals surface area contributed by atoms with Crippen molar-refractivity contribution in [1.82, 2.24) is 39.6 Å². The zero-order valence-electron chi connectivity index (χ0n) is 57.0. The molecule has 2 N–H and O–H groups in total. The first-order valence-corrected chi connectivity index (χ1v) is 31.4. The quantitative estimate of drug-likeness (QED) is 0.153. The Morgan fingerprint density at radius 3 is 1.40 bits per heavy atom. The average Bonchev–Trinajstić information content (AvgIpc) is 3.63. The van der Waals surface area contributed by atoms with Crippen LogP contribution in [0.5, 0.6) is 0 Å². The smallest absolute Gasteiger partial charge is 0.246 e. The summed E-state index contributed by atoms with van der Waals surface area (Å²) in [5.41, 5.74) is 0. The fourth-order valence-corrected chi connectivity index (χ4v) is 11.6. The van der Waals surface area contributed by atoms with Crippen molar-refractivity contribution in [1.29, 1.82) is 0 Å². The summed E-state index contributed by atoms with van der Waals surface area (Å²) in [5, 5.41) is 14.9. The van der Waals surface area contributed by atoms with Gasteiger partial charge in [0.05, 0.1) is 24.7 Å². The second kappa shape index (κ2) is 35.9. The first-order chi connectivity index (χ1) is 39.7. The second-order valence-electron chi connectivity index (χ2n) is 27.1. The highest BCUT2D eigenvalue weighted by Gasteiger charge is 2.45. The van der Waals surface area contributed by atoms with E-state index in [1.165, 1.54) is 85.7 Å². The van der Waals surface area contributed by atoms with Crippen LogP contribution in [0.1, 0.15) is 169 Å². The Hall–Kier alpha value is -5.79. The molecule has 0 unspecified atom stereocenters. The molecule has 12 atom stereocenters. The first kappa shape index (κ1) is 78.2. The van der Waals surface area contributed by atoms with E-state index in [0.717, 1.165) is 4.90 Å². The summed E-state index contributed by atoms with van der Waals surface area (Å²) in [7, 11) is 10.2. The molecule has 490 valence electrons. The Kier molecular flexibility index (Phi) is 32.6. The van der Waals surface area contributed by atoms with Gasteiger partial charge in [-0.25, -0.2) is 0 Å². The van der Waals surface area contributed by atoms with Crippen molar-refractivity contribution < 1.29 is 57.8 Å². The predicted octanol–water partition coefficient (Wildman–Crippen LogP) is 6.71. The number of aliphatic hydroxyl groups excluding tert-OH is 1. The summed E-state index contributed by atoms with van der Waals surface area (Å²) in [6.07, 6.45) is 3.84. The minimum absolute atomic E-state index is 0.0675. The van der Waals surface area contributed by atoms with E-state index in [4.69, 9.17) is 0 Å². The van der Waals surface area contributed by atoms with Gasteiger partial charge in [0.15, 0.2) is 17.3 Å². The molecule has 86 heavy (non-hydrogen) atoms. The number of hydrogen-bond acceptors (Lipinski definition) is 12. The summed E-state index contributed by atoms with van der Waals surface area (Å²) in [4.78, 5) is 170. The molecule has 0 aromatic rings. The molecule has 0 spiro atoms. The standard InChI is InChI=1S/C66H114N8O12/c1-25-27-28-29-44(15)59(79)58-55(77)35-47(26-2)62(82)68(18)37-56(78)69(19)49(30-38(3)4)54(76)36-48(42(11)12)63(83)70(20)50(31-39(5)6)53(75)34-45(16)60(80)67-46(17)61(81)71(21)51(32-40(7)8)64(84)72(22)52(33-41(9)10)65(85)73(23)57(43(13)14)66(86)74(58)24/h25,27-28,38-52,57-59,79H,1,26,29-37H2,2-24H3,(H,67,80)/b28-27+/t44-,45-,46-,47-,48+,49+,50+,51+,52+,57+,58-,59-/m1/s1. The number of nitrogens with one attached hydrogen (secondary N) is 1.